The van der Waals surface area contributed by atoms with Crippen LogP contribution in [-0.2, 0) is 6.42 Å². The highest BCUT2D eigenvalue weighted by molar-refractivity contribution is 7.80. The molecule has 0 bridgehead atoms. The quantitative estimate of drug-likeness (QED) is 0.199. The lowest BCUT2D eigenvalue weighted by Gasteiger charge is -2.05. The number of thiophene rings is 1. The lowest BCUT2D eigenvalue weighted by Crippen LogP contribution is -2.09. The summed E-state index contributed by atoms with van der Waals surface area (Å²) in [6.07, 6.45) is 0.217. The maximum atomic E-state index is 13.5. The van der Waals surface area contributed by atoms with E-state index < -0.39 is 28.0 Å². The van der Waals surface area contributed by atoms with Crippen molar-refractivity contribution in [3.63, 3.8) is 0 Å². The number of carboxylic acids is 1. The van der Waals surface area contributed by atoms with E-state index in [-0.39, 0.29) is 18.7 Å². The van der Waals surface area contributed by atoms with E-state index in [9.17, 15) is 29.5 Å². The molecule has 0 unspecified atom stereocenters. The predicted octanol–water partition coefficient (Wildman–Crippen LogP) is 5.29. The molecule has 0 aliphatic carbocycles. The first-order chi connectivity index (χ1) is 15.2. The summed E-state index contributed by atoms with van der Waals surface area (Å²) >= 11 is 6.61. The van der Waals surface area contributed by atoms with Gasteiger partial charge in [-0.2, -0.15) is 0 Å². The molecule has 2 N–H and O–H groups in total. The van der Waals surface area contributed by atoms with E-state index in [1.807, 2.05) is 0 Å². The van der Waals surface area contributed by atoms with Gasteiger partial charge < -0.3 is 10.2 Å². The molecule has 0 aliphatic heterocycles. The summed E-state index contributed by atoms with van der Waals surface area (Å²) in [5.74, 6) is -1.78. The Labute approximate surface area is 191 Å². The van der Waals surface area contributed by atoms with Crippen molar-refractivity contribution in [1.29, 1.82) is 0 Å². The van der Waals surface area contributed by atoms with Crippen molar-refractivity contribution in [2.45, 2.75) is 13.3 Å². The second-order valence-electron chi connectivity index (χ2n) is 6.87. The van der Waals surface area contributed by atoms with Gasteiger partial charge in [0.25, 0.3) is 5.69 Å². The van der Waals surface area contributed by atoms with E-state index in [4.69, 9.17) is 12.2 Å². The fourth-order valence-corrected chi connectivity index (χ4v) is 4.28. The van der Waals surface area contributed by atoms with Gasteiger partial charge in [0.2, 0.25) is 0 Å². The number of thiocarbonyl (C=S) groups is 1. The van der Waals surface area contributed by atoms with Crippen molar-refractivity contribution in [3.05, 3.63) is 80.5 Å². The molecule has 0 aliphatic rings. The molecule has 0 spiro atoms. The van der Waals surface area contributed by atoms with Gasteiger partial charge in [-0.3, -0.25) is 15.1 Å². The lowest BCUT2D eigenvalue weighted by atomic mass is 10.0. The average Bonchev–Trinajstić information content (AvgIpc) is 3.13. The van der Waals surface area contributed by atoms with E-state index in [1.165, 1.54) is 35.6 Å². The lowest BCUT2D eigenvalue weighted by molar-refractivity contribution is -0.385. The van der Waals surface area contributed by atoms with Gasteiger partial charge in [-0.05, 0) is 36.2 Å². The molecule has 0 saturated carbocycles. The third-order valence-corrected chi connectivity index (χ3v) is 5.92. The van der Waals surface area contributed by atoms with Crippen LogP contribution in [0.15, 0.2) is 52.8 Å². The van der Waals surface area contributed by atoms with Gasteiger partial charge in [0.15, 0.2) is 0 Å². The Morgan fingerprint density at radius 3 is 2.66 bits per heavy atom. The fraction of sp³-hybridized carbons (Fsp3) is 0.136. The minimum atomic E-state index is -1.39. The van der Waals surface area contributed by atoms with Crippen molar-refractivity contribution in [2.24, 2.45) is 4.99 Å². The molecule has 1 aromatic heterocycles. The summed E-state index contributed by atoms with van der Waals surface area (Å²) in [6.45, 7) is 1.86. The zero-order chi connectivity index (χ0) is 23.4. The van der Waals surface area contributed by atoms with E-state index >= 15 is 0 Å². The van der Waals surface area contributed by atoms with Gasteiger partial charge >= 0.3 is 5.97 Å². The summed E-state index contributed by atoms with van der Waals surface area (Å²) in [5.41, 5.74) is 1.26. The summed E-state index contributed by atoms with van der Waals surface area (Å²) in [4.78, 5) is 26.9. The molecule has 3 aromatic rings. The molecule has 2 aromatic carbocycles. The topological polar surface area (TPSA) is 113 Å². The number of hydrogen-bond donors (Lipinski definition) is 2. The Bertz CT molecular complexity index is 1250. The highest BCUT2D eigenvalue weighted by Gasteiger charge is 2.20. The third-order valence-electron chi connectivity index (χ3n) is 4.62. The molecule has 32 heavy (non-hydrogen) atoms. The highest BCUT2D eigenvalue weighted by atomic mass is 32.1. The highest BCUT2D eigenvalue weighted by Crippen LogP contribution is 2.38. The van der Waals surface area contributed by atoms with Gasteiger partial charge in [-0.15, -0.1) is 11.3 Å². The van der Waals surface area contributed by atoms with Crippen molar-refractivity contribution in [1.82, 2.24) is 0 Å². The van der Waals surface area contributed by atoms with Crippen LogP contribution in [0.2, 0.25) is 0 Å². The van der Waals surface area contributed by atoms with Crippen molar-refractivity contribution < 1.29 is 24.3 Å². The summed E-state index contributed by atoms with van der Waals surface area (Å²) < 4.78 is 13.5. The molecule has 3 rings (SSSR count). The number of benzene rings is 2. The molecule has 0 fully saturated rings. The van der Waals surface area contributed by atoms with Crippen LogP contribution in [0, 0.1) is 15.9 Å². The summed E-state index contributed by atoms with van der Waals surface area (Å²) in [5, 5.41) is 32.5. The first kappa shape index (κ1) is 23.2. The number of nitrogens with zero attached hydrogens (tertiary/aromatic N) is 2. The number of nitro benzene ring substituents is 1. The Balaban J connectivity index is 1.73. The molecule has 0 atom stereocenters. The summed E-state index contributed by atoms with van der Waals surface area (Å²) in [6, 6.07) is 9.78. The number of carbonyl (C=O) groups is 1. The maximum absolute atomic E-state index is 13.5. The van der Waals surface area contributed by atoms with Crippen LogP contribution in [0.25, 0.3) is 10.4 Å². The first-order valence-electron chi connectivity index (χ1n) is 9.27. The number of aliphatic imine (C=N–C) groups is 1. The van der Waals surface area contributed by atoms with Crippen LogP contribution >= 0.6 is 23.6 Å². The Morgan fingerprint density at radius 2 is 2.00 bits per heavy atom. The smallest absolute Gasteiger partial charge is 0.342 e. The minimum absolute atomic E-state index is 0.00855. The molecule has 1 heterocycles. The molecule has 0 saturated heterocycles. The maximum Gasteiger partial charge on any atom is 0.342 e. The molecular weight excluding hydrogens is 455 g/mol. The standard InChI is InChI=1S/C22H17FN2O5S2/c1-12(18-11-32-21(20(18)26)14-3-2-4-15(23)9-14)24-10-16(31)7-13-5-6-19(25(29)30)17(8-13)22(27)28/h2-6,8-9,11,26H,7,10H2,1H3,(H,27,28). The Kier molecular flexibility index (Phi) is 7.06. The number of halogens is 1. The Morgan fingerprint density at radius 1 is 1.25 bits per heavy atom. The van der Waals surface area contributed by atoms with Crippen LogP contribution in [0.4, 0.5) is 10.1 Å². The first-order valence-corrected chi connectivity index (χ1v) is 10.6. The minimum Gasteiger partial charge on any atom is -0.506 e. The monoisotopic (exact) mass is 472 g/mol. The predicted molar refractivity (Wildman–Crippen MR) is 125 cm³/mol. The van der Waals surface area contributed by atoms with Crippen LogP contribution in [0.1, 0.15) is 28.4 Å². The van der Waals surface area contributed by atoms with Crippen LogP contribution in [0.3, 0.4) is 0 Å². The fourth-order valence-electron chi connectivity index (χ4n) is 3.04. The van der Waals surface area contributed by atoms with E-state index in [1.54, 1.807) is 24.4 Å². The normalized spacial score (nSPS) is 11.4. The number of hydrogen-bond acceptors (Lipinski definition) is 7. The van der Waals surface area contributed by atoms with Crippen LogP contribution < -0.4 is 0 Å². The second kappa shape index (κ2) is 9.75. The van der Waals surface area contributed by atoms with Gasteiger partial charge in [0.1, 0.15) is 17.1 Å². The molecule has 7 nitrogen and oxygen atoms in total. The van der Waals surface area contributed by atoms with Crippen molar-refractivity contribution >= 4 is 45.8 Å². The molecular formula is C22H17FN2O5S2. The zero-order valence-electron chi connectivity index (χ0n) is 16.7. The third kappa shape index (κ3) is 5.21. The number of rotatable bonds is 8. The van der Waals surface area contributed by atoms with Crippen LogP contribution in [0.5, 0.6) is 5.75 Å². The molecule has 0 radical (unpaired) electrons. The molecule has 10 heteroatoms. The van der Waals surface area contributed by atoms with Gasteiger partial charge in [-0.25, -0.2) is 9.18 Å². The summed E-state index contributed by atoms with van der Waals surface area (Å²) in [7, 11) is 0. The number of aromatic carboxylic acids is 1. The Hall–Kier alpha value is -3.50. The average molecular weight is 473 g/mol. The second-order valence-corrected chi connectivity index (χ2v) is 8.33. The number of nitro groups is 1. The van der Waals surface area contributed by atoms with Crippen LogP contribution in [-0.4, -0.2) is 38.2 Å². The van der Waals surface area contributed by atoms with Gasteiger partial charge in [-0.1, -0.05) is 30.4 Å². The van der Waals surface area contributed by atoms with Crippen molar-refractivity contribution in [3.8, 4) is 16.2 Å². The van der Waals surface area contributed by atoms with E-state index in [0.717, 1.165) is 6.07 Å². The molecule has 164 valence electrons. The van der Waals surface area contributed by atoms with E-state index in [0.29, 0.717) is 32.1 Å². The van der Waals surface area contributed by atoms with Crippen molar-refractivity contribution in [2.75, 3.05) is 6.54 Å². The zero-order valence-corrected chi connectivity index (χ0v) is 18.4. The van der Waals surface area contributed by atoms with Gasteiger partial charge in [0, 0.05) is 34.0 Å². The SMILES string of the molecule is CC(=NCC(=S)Cc1ccc([N+](=O)[O-])c(C(=O)O)c1)c1csc(-c2cccc(F)c2)c1O. The molecule has 0 amide bonds. The largest absolute Gasteiger partial charge is 0.506 e. The van der Waals surface area contributed by atoms with Gasteiger partial charge in [0.05, 0.1) is 16.3 Å². The number of carboxylic acid groups (broad SMARTS) is 1. The van der Waals surface area contributed by atoms with E-state index in [2.05, 4.69) is 4.99 Å². The number of aromatic hydroxyl groups is 1.